The van der Waals surface area contributed by atoms with Gasteiger partial charge in [0.1, 0.15) is 6.17 Å². The SMILES string of the molecule is Cc1cccc(N2c3nccnc3N(C)[C@@H]2C)c1C. The van der Waals surface area contributed by atoms with Crippen molar-refractivity contribution in [3.63, 3.8) is 0 Å². The van der Waals surface area contributed by atoms with Crippen LogP contribution in [0.15, 0.2) is 30.6 Å². The largest absolute Gasteiger partial charge is 0.336 e. The average Bonchev–Trinajstić information content (AvgIpc) is 2.67. The first-order chi connectivity index (χ1) is 9.11. The summed E-state index contributed by atoms with van der Waals surface area (Å²) in [5, 5.41) is 0. The molecular formula is C15H18N4. The van der Waals surface area contributed by atoms with Gasteiger partial charge >= 0.3 is 0 Å². The minimum atomic E-state index is 0.220. The zero-order valence-corrected chi connectivity index (χ0v) is 11.8. The van der Waals surface area contributed by atoms with Crippen molar-refractivity contribution in [2.45, 2.75) is 26.9 Å². The molecule has 98 valence electrons. The van der Waals surface area contributed by atoms with Crippen molar-refractivity contribution in [3.05, 3.63) is 41.7 Å². The van der Waals surface area contributed by atoms with E-state index >= 15 is 0 Å². The third-order valence-corrected chi connectivity index (χ3v) is 3.99. The predicted octanol–water partition coefficient (Wildman–Crippen LogP) is 3.03. The van der Waals surface area contributed by atoms with Gasteiger partial charge in [0.2, 0.25) is 0 Å². The summed E-state index contributed by atoms with van der Waals surface area (Å²) in [5.74, 6) is 1.88. The van der Waals surface area contributed by atoms with Crippen molar-refractivity contribution in [2.75, 3.05) is 16.8 Å². The molecule has 2 heterocycles. The Morgan fingerprint density at radius 3 is 2.47 bits per heavy atom. The molecule has 0 unspecified atom stereocenters. The Balaban J connectivity index is 2.18. The topological polar surface area (TPSA) is 32.3 Å². The van der Waals surface area contributed by atoms with Crippen molar-refractivity contribution in [1.82, 2.24) is 9.97 Å². The van der Waals surface area contributed by atoms with Gasteiger partial charge in [-0.25, -0.2) is 9.97 Å². The highest BCUT2D eigenvalue weighted by Crippen LogP contribution is 2.41. The Morgan fingerprint density at radius 2 is 1.74 bits per heavy atom. The quantitative estimate of drug-likeness (QED) is 0.783. The van der Waals surface area contributed by atoms with Gasteiger partial charge in [-0.15, -0.1) is 0 Å². The maximum atomic E-state index is 4.51. The number of fused-ring (bicyclic) bond motifs is 1. The van der Waals surface area contributed by atoms with Gasteiger partial charge in [-0.05, 0) is 38.0 Å². The summed E-state index contributed by atoms with van der Waals surface area (Å²) >= 11 is 0. The lowest BCUT2D eigenvalue weighted by Crippen LogP contribution is -2.36. The van der Waals surface area contributed by atoms with Crippen LogP contribution in [0.25, 0.3) is 0 Å². The van der Waals surface area contributed by atoms with Crippen LogP contribution >= 0.6 is 0 Å². The molecule has 4 nitrogen and oxygen atoms in total. The van der Waals surface area contributed by atoms with Crippen molar-refractivity contribution >= 4 is 17.3 Å². The summed E-state index contributed by atoms with van der Waals surface area (Å²) in [6, 6.07) is 6.38. The van der Waals surface area contributed by atoms with Gasteiger partial charge in [-0.3, -0.25) is 0 Å². The molecule has 0 N–H and O–H groups in total. The van der Waals surface area contributed by atoms with Gasteiger partial charge in [-0.1, -0.05) is 12.1 Å². The molecule has 0 saturated carbocycles. The second-order valence-corrected chi connectivity index (χ2v) is 5.04. The fourth-order valence-electron chi connectivity index (χ4n) is 2.58. The summed E-state index contributed by atoms with van der Waals surface area (Å²) in [4.78, 5) is 13.4. The van der Waals surface area contributed by atoms with Gasteiger partial charge < -0.3 is 9.80 Å². The van der Waals surface area contributed by atoms with Crippen LogP contribution in [0, 0.1) is 13.8 Å². The molecule has 1 atom stereocenters. The van der Waals surface area contributed by atoms with Crippen LogP contribution in [0.3, 0.4) is 0 Å². The van der Waals surface area contributed by atoms with Crippen LogP contribution in [0.4, 0.5) is 17.3 Å². The summed E-state index contributed by atoms with van der Waals surface area (Å²) in [6.07, 6.45) is 3.72. The fraction of sp³-hybridized carbons (Fsp3) is 0.333. The second kappa shape index (κ2) is 4.23. The van der Waals surface area contributed by atoms with E-state index in [9.17, 15) is 0 Å². The third-order valence-electron chi connectivity index (χ3n) is 3.99. The predicted molar refractivity (Wildman–Crippen MR) is 78.0 cm³/mol. The molecule has 1 aliphatic heterocycles. The van der Waals surface area contributed by atoms with Crippen LogP contribution in [0.5, 0.6) is 0 Å². The highest BCUT2D eigenvalue weighted by molar-refractivity contribution is 5.79. The van der Waals surface area contributed by atoms with Crippen molar-refractivity contribution < 1.29 is 0 Å². The molecule has 0 aliphatic carbocycles. The lowest BCUT2D eigenvalue weighted by molar-refractivity contribution is 0.725. The smallest absolute Gasteiger partial charge is 0.178 e. The van der Waals surface area contributed by atoms with E-state index in [-0.39, 0.29) is 6.17 Å². The van der Waals surface area contributed by atoms with Gasteiger partial charge in [0, 0.05) is 25.1 Å². The number of hydrogen-bond donors (Lipinski definition) is 0. The van der Waals surface area contributed by atoms with Gasteiger partial charge in [0.25, 0.3) is 0 Å². The maximum Gasteiger partial charge on any atom is 0.178 e. The van der Waals surface area contributed by atoms with Gasteiger partial charge in [0.05, 0.1) is 0 Å². The van der Waals surface area contributed by atoms with Gasteiger partial charge in [0.15, 0.2) is 11.6 Å². The zero-order chi connectivity index (χ0) is 13.6. The molecule has 1 aromatic heterocycles. The van der Waals surface area contributed by atoms with Crippen LogP contribution < -0.4 is 9.80 Å². The minimum absolute atomic E-state index is 0.220. The maximum absolute atomic E-state index is 4.51. The molecule has 19 heavy (non-hydrogen) atoms. The Hall–Kier alpha value is -2.10. The van der Waals surface area contributed by atoms with E-state index in [2.05, 4.69) is 65.8 Å². The molecule has 2 aromatic rings. The molecule has 4 heteroatoms. The molecule has 0 bridgehead atoms. The zero-order valence-electron chi connectivity index (χ0n) is 11.8. The van der Waals surface area contributed by atoms with E-state index in [0.717, 1.165) is 11.6 Å². The van der Waals surface area contributed by atoms with Crippen LogP contribution in [0.2, 0.25) is 0 Å². The van der Waals surface area contributed by atoms with E-state index in [0.29, 0.717) is 0 Å². The van der Waals surface area contributed by atoms with E-state index in [4.69, 9.17) is 0 Å². The second-order valence-electron chi connectivity index (χ2n) is 5.04. The third kappa shape index (κ3) is 1.67. The standard InChI is InChI=1S/C15H18N4/c1-10-6-5-7-13(11(10)2)19-12(3)18(4)14-15(19)17-9-8-16-14/h5-9,12H,1-4H3/t12-/m0/s1. The molecule has 1 aromatic carbocycles. The molecule has 3 rings (SSSR count). The molecule has 0 saturated heterocycles. The Morgan fingerprint density at radius 1 is 1.05 bits per heavy atom. The van der Waals surface area contributed by atoms with Crippen molar-refractivity contribution in [3.8, 4) is 0 Å². The van der Waals surface area contributed by atoms with E-state index < -0.39 is 0 Å². The van der Waals surface area contributed by atoms with Gasteiger partial charge in [-0.2, -0.15) is 0 Å². The van der Waals surface area contributed by atoms with Crippen molar-refractivity contribution in [1.29, 1.82) is 0 Å². The average molecular weight is 254 g/mol. The molecule has 0 amide bonds. The number of nitrogens with zero attached hydrogens (tertiary/aromatic N) is 4. The highest BCUT2D eigenvalue weighted by Gasteiger charge is 2.34. The summed E-state index contributed by atoms with van der Waals surface area (Å²) < 4.78 is 0. The van der Waals surface area contributed by atoms with E-state index in [1.54, 1.807) is 12.4 Å². The Labute approximate surface area is 113 Å². The van der Waals surface area contributed by atoms with E-state index in [1.165, 1.54) is 16.8 Å². The number of rotatable bonds is 1. The highest BCUT2D eigenvalue weighted by atomic mass is 15.5. The lowest BCUT2D eigenvalue weighted by atomic mass is 10.1. The summed E-state index contributed by atoms with van der Waals surface area (Å²) in [5.41, 5.74) is 3.80. The number of aryl methyl sites for hydroxylation is 1. The first-order valence-corrected chi connectivity index (χ1v) is 6.50. The lowest BCUT2D eigenvalue weighted by Gasteiger charge is -2.28. The van der Waals surface area contributed by atoms with Crippen LogP contribution in [0.1, 0.15) is 18.1 Å². The molecule has 0 radical (unpaired) electrons. The number of aromatic nitrogens is 2. The first kappa shape index (κ1) is 12.0. The fourth-order valence-corrected chi connectivity index (χ4v) is 2.58. The molecule has 0 spiro atoms. The van der Waals surface area contributed by atoms with Crippen LogP contribution in [-0.4, -0.2) is 23.2 Å². The van der Waals surface area contributed by atoms with Crippen LogP contribution in [-0.2, 0) is 0 Å². The summed E-state index contributed by atoms with van der Waals surface area (Å²) in [7, 11) is 2.06. The molecular weight excluding hydrogens is 236 g/mol. The van der Waals surface area contributed by atoms with Crippen molar-refractivity contribution in [2.24, 2.45) is 0 Å². The monoisotopic (exact) mass is 254 g/mol. The number of anilines is 3. The number of benzene rings is 1. The molecule has 1 aliphatic rings. The first-order valence-electron chi connectivity index (χ1n) is 6.50. The normalized spacial score (nSPS) is 17.8. The number of hydrogen-bond acceptors (Lipinski definition) is 4. The van der Waals surface area contributed by atoms with E-state index in [1.807, 2.05) is 0 Å². The minimum Gasteiger partial charge on any atom is -0.336 e. The summed E-state index contributed by atoms with van der Waals surface area (Å²) in [6.45, 7) is 6.47. The Bertz CT molecular complexity index is 623. The molecule has 0 fully saturated rings. The Kier molecular flexibility index (Phi) is 2.66.